The van der Waals surface area contributed by atoms with Gasteiger partial charge in [0, 0.05) is 6.42 Å². The zero-order valence-corrected chi connectivity index (χ0v) is 3.69. The zero-order chi connectivity index (χ0) is 4.83. The lowest BCUT2D eigenvalue weighted by Crippen LogP contribution is -1.87. The fourth-order valence-corrected chi connectivity index (χ4v) is 0.114. The maximum atomic E-state index is 4.54. The summed E-state index contributed by atoms with van der Waals surface area (Å²) in [4.78, 5) is 3.92. The van der Waals surface area contributed by atoms with Crippen LogP contribution in [0.25, 0.3) is 0 Å². The molecular formula is C4H7NO. The SMILES string of the molecule is CCC#CON. The lowest BCUT2D eigenvalue weighted by atomic mass is 10.5. The van der Waals surface area contributed by atoms with E-state index in [-0.39, 0.29) is 0 Å². The third-order valence-corrected chi connectivity index (χ3v) is 0.308. The van der Waals surface area contributed by atoms with Gasteiger partial charge in [0.05, 0.1) is 0 Å². The molecule has 0 aliphatic heterocycles. The first-order valence-corrected chi connectivity index (χ1v) is 1.75. The Hall–Kier alpha value is -0.680. The number of rotatable bonds is 0. The van der Waals surface area contributed by atoms with Crippen LogP contribution in [0.2, 0.25) is 0 Å². The zero-order valence-electron chi connectivity index (χ0n) is 3.69. The second-order valence-corrected chi connectivity index (χ2v) is 0.750. The second-order valence-electron chi connectivity index (χ2n) is 0.750. The Bertz CT molecular complexity index is 61.4. The van der Waals surface area contributed by atoms with Crippen molar-refractivity contribution >= 4 is 0 Å². The van der Waals surface area contributed by atoms with Crippen LogP contribution in [0.15, 0.2) is 0 Å². The van der Waals surface area contributed by atoms with Gasteiger partial charge in [-0.2, -0.15) is 5.90 Å². The minimum absolute atomic E-state index is 0.789. The summed E-state index contributed by atoms with van der Waals surface area (Å²) in [6.45, 7) is 1.92. The predicted octanol–water partition coefficient (Wildman–Crippen LogP) is 0.248. The molecule has 0 aliphatic carbocycles. The normalized spacial score (nSPS) is 5.67. The molecule has 0 aliphatic rings. The van der Waals surface area contributed by atoms with E-state index in [1.807, 2.05) is 6.92 Å². The van der Waals surface area contributed by atoms with Crippen LogP contribution < -0.4 is 5.90 Å². The van der Waals surface area contributed by atoms with Crippen LogP contribution in [0.5, 0.6) is 0 Å². The smallest absolute Gasteiger partial charge is 0.137 e. The van der Waals surface area contributed by atoms with Crippen LogP contribution >= 0.6 is 0 Å². The molecular weight excluding hydrogens is 78.0 g/mol. The van der Waals surface area contributed by atoms with Gasteiger partial charge in [-0.05, 0) is 0 Å². The Labute approximate surface area is 37.2 Å². The van der Waals surface area contributed by atoms with Crippen LogP contribution in [0, 0.1) is 12.0 Å². The molecule has 0 bridgehead atoms. The highest BCUT2D eigenvalue weighted by Crippen LogP contribution is 1.63. The lowest BCUT2D eigenvalue weighted by Gasteiger charge is -1.71. The van der Waals surface area contributed by atoms with Gasteiger partial charge < -0.3 is 4.84 Å². The van der Waals surface area contributed by atoms with E-state index in [1.165, 1.54) is 0 Å². The molecule has 0 aromatic carbocycles. The van der Waals surface area contributed by atoms with Crippen LogP contribution in [-0.2, 0) is 4.84 Å². The van der Waals surface area contributed by atoms with E-state index in [9.17, 15) is 0 Å². The second kappa shape index (κ2) is 4.32. The van der Waals surface area contributed by atoms with Gasteiger partial charge in [0.15, 0.2) is 0 Å². The standard InChI is InChI=1S/C4H7NO/c1-2-3-4-6-5/h2,5H2,1H3. The van der Waals surface area contributed by atoms with Crippen molar-refractivity contribution in [2.24, 2.45) is 5.90 Å². The molecule has 0 saturated heterocycles. The maximum Gasteiger partial charge on any atom is 0.137 e. The molecule has 2 heteroatoms. The summed E-state index contributed by atoms with van der Waals surface area (Å²) in [6.07, 6.45) is 3.01. The fourth-order valence-electron chi connectivity index (χ4n) is 0.114. The average Bonchev–Trinajstić information content (AvgIpc) is 1.61. The first-order valence-electron chi connectivity index (χ1n) is 1.75. The first kappa shape index (κ1) is 5.32. The van der Waals surface area contributed by atoms with Crippen LogP contribution in [0.4, 0.5) is 0 Å². The van der Waals surface area contributed by atoms with Crippen molar-refractivity contribution in [2.75, 3.05) is 0 Å². The van der Waals surface area contributed by atoms with Gasteiger partial charge in [-0.15, -0.1) is 0 Å². The monoisotopic (exact) mass is 85.1 g/mol. The largest absolute Gasteiger partial charge is 0.359 e. The highest BCUT2D eigenvalue weighted by Gasteiger charge is 1.55. The van der Waals surface area contributed by atoms with Gasteiger partial charge in [-0.1, -0.05) is 12.8 Å². The molecule has 0 saturated carbocycles. The van der Waals surface area contributed by atoms with Gasteiger partial charge in [0.25, 0.3) is 0 Å². The molecule has 0 rings (SSSR count). The van der Waals surface area contributed by atoms with Crippen molar-refractivity contribution in [1.82, 2.24) is 0 Å². The molecule has 34 valence electrons. The summed E-state index contributed by atoms with van der Waals surface area (Å²) < 4.78 is 0. The predicted molar refractivity (Wildman–Crippen MR) is 23.3 cm³/mol. The van der Waals surface area contributed by atoms with E-state index < -0.39 is 0 Å². The van der Waals surface area contributed by atoms with Crippen molar-refractivity contribution in [2.45, 2.75) is 13.3 Å². The molecule has 0 aromatic heterocycles. The average molecular weight is 85.1 g/mol. The topological polar surface area (TPSA) is 35.2 Å². The Morgan fingerprint density at radius 3 is 2.67 bits per heavy atom. The number of nitrogens with two attached hydrogens (primary N) is 1. The lowest BCUT2D eigenvalue weighted by molar-refractivity contribution is 0.291. The van der Waals surface area contributed by atoms with Gasteiger partial charge >= 0.3 is 0 Å². The molecule has 6 heavy (non-hydrogen) atoms. The minimum atomic E-state index is 0.789. The van der Waals surface area contributed by atoms with E-state index in [0.29, 0.717) is 0 Å². The van der Waals surface area contributed by atoms with E-state index in [0.717, 1.165) is 6.42 Å². The van der Waals surface area contributed by atoms with Gasteiger partial charge in [-0.3, -0.25) is 0 Å². The quantitative estimate of drug-likeness (QED) is 0.338. The minimum Gasteiger partial charge on any atom is -0.359 e. The van der Waals surface area contributed by atoms with E-state index >= 15 is 0 Å². The molecule has 0 amide bonds. The third kappa shape index (κ3) is 3.32. The fraction of sp³-hybridized carbons (Fsp3) is 0.500. The van der Waals surface area contributed by atoms with Crippen molar-refractivity contribution in [3.05, 3.63) is 0 Å². The number of hydrogen-bond donors (Lipinski definition) is 1. The summed E-state index contributed by atoms with van der Waals surface area (Å²) in [6, 6.07) is 0. The van der Waals surface area contributed by atoms with E-state index in [4.69, 9.17) is 0 Å². The van der Waals surface area contributed by atoms with E-state index in [1.54, 1.807) is 0 Å². The summed E-state index contributed by atoms with van der Waals surface area (Å²) in [7, 11) is 0. The first-order chi connectivity index (χ1) is 2.91. The molecule has 0 unspecified atom stereocenters. The van der Waals surface area contributed by atoms with Crippen molar-refractivity contribution in [3.8, 4) is 12.0 Å². The summed E-state index contributed by atoms with van der Waals surface area (Å²) in [5.74, 6) is 7.14. The molecule has 0 atom stereocenters. The summed E-state index contributed by atoms with van der Waals surface area (Å²) >= 11 is 0. The molecule has 2 N–H and O–H groups in total. The summed E-state index contributed by atoms with van der Waals surface area (Å²) in [5.41, 5.74) is 0. The molecule has 2 nitrogen and oxygen atoms in total. The van der Waals surface area contributed by atoms with Crippen LogP contribution in [-0.4, -0.2) is 0 Å². The third-order valence-electron chi connectivity index (χ3n) is 0.308. The Kier molecular flexibility index (Phi) is 3.83. The molecule has 0 aromatic rings. The van der Waals surface area contributed by atoms with E-state index in [2.05, 4.69) is 22.8 Å². The highest BCUT2D eigenvalue weighted by atomic mass is 16.6. The maximum absolute atomic E-state index is 4.54. The van der Waals surface area contributed by atoms with Gasteiger partial charge in [0.1, 0.15) is 6.11 Å². The van der Waals surface area contributed by atoms with Crippen LogP contribution in [0.1, 0.15) is 13.3 Å². The highest BCUT2D eigenvalue weighted by molar-refractivity contribution is 4.88. The Balaban J connectivity index is 2.90. The van der Waals surface area contributed by atoms with Crippen molar-refractivity contribution < 1.29 is 4.84 Å². The molecule has 0 spiro atoms. The Morgan fingerprint density at radius 2 is 2.50 bits per heavy atom. The summed E-state index contributed by atoms with van der Waals surface area (Å²) in [5, 5.41) is 0. The molecule has 0 radical (unpaired) electrons. The molecule has 0 heterocycles. The van der Waals surface area contributed by atoms with Gasteiger partial charge in [0.2, 0.25) is 0 Å². The van der Waals surface area contributed by atoms with Crippen molar-refractivity contribution in [1.29, 1.82) is 0 Å². The molecule has 0 fully saturated rings. The van der Waals surface area contributed by atoms with Gasteiger partial charge in [-0.25, -0.2) is 0 Å². The van der Waals surface area contributed by atoms with Crippen molar-refractivity contribution in [3.63, 3.8) is 0 Å². The number of hydrogen-bond acceptors (Lipinski definition) is 2. The Morgan fingerprint density at radius 1 is 1.83 bits per heavy atom. The van der Waals surface area contributed by atoms with Crippen LogP contribution in [0.3, 0.4) is 0 Å².